The number of aryl methyl sites for hydroxylation is 1. The molecule has 0 fully saturated rings. The van der Waals surface area contributed by atoms with Crippen LogP contribution in [0.15, 0.2) is 77.5 Å². The first kappa shape index (κ1) is 19.0. The lowest BCUT2D eigenvalue weighted by Crippen LogP contribution is -2.41. The Kier molecular flexibility index (Phi) is 5.29. The molecule has 0 saturated heterocycles. The summed E-state index contributed by atoms with van der Waals surface area (Å²) in [5, 5.41) is 8.20. The molecule has 8 nitrogen and oxygen atoms in total. The van der Waals surface area contributed by atoms with E-state index in [-0.39, 0.29) is 0 Å². The highest BCUT2D eigenvalue weighted by Crippen LogP contribution is 2.26. The largest absolute Gasteiger partial charge is 0.416 e. The van der Waals surface area contributed by atoms with Crippen LogP contribution in [0.2, 0.25) is 0 Å². The van der Waals surface area contributed by atoms with Crippen LogP contribution in [0.25, 0.3) is 22.9 Å². The Balaban J connectivity index is 1.42. The maximum atomic E-state index is 12.3. The van der Waals surface area contributed by atoms with E-state index in [0.29, 0.717) is 28.5 Å². The lowest BCUT2D eigenvalue weighted by molar-refractivity contribution is 0.0846. The molecule has 0 unspecified atom stereocenters. The van der Waals surface area contributed by atoms with Crippen molar-refractivity contribution >= 4 is 11.8 Å². The Morgan fingerprint density at radius 2 is 1.50 bits per heavy atom. The topological polar surface area (TPSA) is 110 Å². The van der Waals surface area contributed by atoms with E-state index < -0.39 is 11.8 Å². The van der Waals surface area contributed by atoms with Crippen molar-refractivity contribution in [2.24, 2.45) is 0 Å². The van der Waals surface area contributed by atoms with Crippen LogP contribution in [-0.4, -0.2) is 27.0 Å². The van der Waals surface area contributed by atoms with E-state index in [1.54, 1.807) is 42.6 Å². The number of hydrazine groups is 1. The summed E-state index contributed by atoms with van der Waals surface area (Å²) in [4.78, 5) is 28.1. The molecule has 4 aromatic rings. The van der Waals surface area contributed by atoms with Gasteiger partial charge in [0.15, 0.2) is 0 Å². The van der Waals surface area contributed by atoms with Gasteiger partial charge in [-0.05, 0) is 55.0 Å². The minimum absolute atomic E-state index is 0.342. The van der Waals surface area contributed by atoms with Crippen molar-refractivity contribution in [2.75, 3.05) is 0 Å². The second-order valence-corrected chi connectivity index (χ2v) is 6.45. The van der Waals surface area contributed by atoms with Crippen LogP contribution in [0, 0.1) is 6.92 Å². The van der Waals surface area contributed by atoms with Gasteiger partial charge in [-0.25, -0.2) is 0 Å². The summed E-state index contributed by atoms with van der Waals surface area (Å²) in [6, 6.07) is 17.6. The van der Waals surface area contributed by atoms with Gasteiger partial charge in [0.25, 0.3) is 11.8 Å². The van der Waals surface area contributed by atoms with Gasteiger partial charge in [0.2, 0.25) is 11.8 Å². The maximum Gasteiger partial charge on any atom is 0.271 e. The number of nitrogens with one attached hydrogen (secondary N) is 2. The zero-order valence-corrected chi connectivity index (χ0v) is 16.0. The van der Waals surface area contributed by atoms with Gasteiger partial charge in [0.05, 0.1) is 5.56 Å². The molecule has 4 rings (SSSR count). The summed E-state index contributed by atoms with van der Waals surface area (Å²) in [6.07, 6.45) is 2.97. The predicted octanol–water partition coefficient (Wildman–Crippen LogP) is 3.18. The first-order valence-corrected chi connectivity index (χ1v) is 9.12. The quantitative estimate of drug-likeness (QED) is 0.510. The molecule has 8 heteroatoms. The van der Waals surface area contributed by atoms with Crippen molar-refractivity contribution in [3.63, 3.8) is 0 Å². The third-order valence-electron chi connectivity index (χ3n) is 4.41. The van der Waals surface area contributed by atoms with Gasteiger partial charge in [-0.1, -0.05) is 18.2 Å². The molecule has 148 valence electrons. The third kappa shape index (κ3) is 4.07. The van der Waals surface area contributed by atoms with Crippen LogP contribution in [0.5, 0.6) is 0 Å². The SMILES string of the molecule is Cc1ccccc1-c1nnc(-c2ccc(C(=O)NNC(=O)c3cccnc3)cc2)o1. The molecular weight excluding hydrogens is 382 g/mol. The molecule has 2 aromatic heterocycles. The van der Waals surface area contributed by atoms with Crippen molar-refractivity contribution in [1.82, 2.24) is 26.0 Å². The highest BCUT2D eigenvalue weighted by molar-refractivity contribution is 5.99. The van der Waals surface area contributed by atoms with Crippen LogP contribution < -0.4 is 10.9 Å². The molecule has 0 bridgehead atoms. The Labute approximate surface area is 172 Å². The Bertz CT molecular complexity index is 1190. The maximum absolute atomic E-state index is 12.3. The van der Waals surface area contributed by atoms with Crippen LogP contribution in [-0.2, 0) is 0 Å². The lowest BCUT2D eigenvalue weighted by atomic mass is 10.1. The predicted molar refractivity (Wildman–Crippen MR) is 109 cm³/mol. The molecule has 0 aliphatic carbocycles. The molecule has 2 aromatic carbocycles. The van der Waals surface area contributed by atoms with Gasteiger partial charge in [0.1, 0.15) is 0 Å². The van der Waals surface area contributed by atoms with Crippen LogP contribution in [0.4, 0.5) is 0 Å². The number of pyridine rings is 1. The zero-order valence-electron chi connectivity index (χ0n) is 16.0. The fourth-order valence-electron chi connectivity index (χ4n) is 2.78. The van der Waals surface area contributed by atoms with Gasteiger partial charge in [-0.3, -0.25) is 25.4 Å². The van der Waals surface area contributed by atoms with E-state index in [4.69, 9.17) is 4.42 Å². The number of hydrogen-bond donors (Lipinski definition) is 2. The minimum Gasteiger partial charge on any atom is -0.416 e. The Morgan fingerprint density at radius 3 is 2.20 bits per heavy atom. The van der Waals surface area contributed by atoms with Gasteiger partial charge in [0, 0.05) is 29.1 Å². The number of rotatable bonds is 4. The third-order valence-corrected chi connectivity index (χ3v) is 4.41. The van der Waals surface area contributed by atoms with Gasteiger partial charge in [-0.15, -0.1) is 10.2 Å². The Hall–Kier alpha value is -4.33. The van der Waals surface area contributed by atoms with Crippen molar-refractivity contribution in [1.29, 1.82) is 0 Å². The van der Waals surface area contributed by atoms with Gasteiger partial charge < -0.3 is 4.42 Å². The molecule has 2 amide bonds. The minimum atomic E-state index is -0.456. The first-order valence-electron chi connectivity index (χ1n) is 9.12. The van der Waals surface area contributed by atoms with E-state index >= 15 is 0 Å². The number of hydrogen-bond acceptors (Lipinski definition) is 6. The number of aromatic nitrogens is 3. The summed E-state index contributed by atoms with van der Waals surface area (Å²) in [7, 11) is 0. The summed E-state index contributed by atoms with van der Waals surface area (Å²) in [5.41, 5.74) is 8.01. The summed E-state index contributed by atoms with van der Waals surface area (Å²) >= 11 is 0. The average Bonchev–Trinajstić information content (AvgIpc) is 3.28. The molecule has 0 saturated carbocycles. The second kappa shape index (κ2) is 8.36. The highest BCUT2D eigenvalue weighted by atomic mass is 16.4. The molecule has 2 heterocycles. The van der Waals surface area contributed by atoms with Crippen molar-refractivity contribution in [3.05, 3.63) is 89.7 Å². The van der Waals surface area contributed by atoms with Crippen molar-refractivity contribution in [2.45, 2.75) is 6.92 Å². The molecule has 30 heavy (non-hydrogen) atoms. The van der Waals surface area contributed by atoms with E-state index in [1.165, 1.54) is 6.20 Å². The summed E-state index contributed by atoms with van der Waals surface area (Å²) in [5.74, 6) is -0.124. The van der Waals surface area contributed by atoms with E-state index in [0.717, 1.165) is 11.1 Å². The van der Waals surface area contributed by atoms with E-state index in [2.05, 4.69) is 26.0 Å². The van der Waals surface area contributed by atoms with Crippen LogP contribution in [0.1, 0.15) is 26.3 Å². The van der Waals surface area contributed by atoms with Crippen molar-refractivity contribution in [3.8, 4) is 22.9 Å². The fraction of sp³-hybridized carbons (Fsp3) is 0.0455. The van der Waals surface area contributed by atoms with Crippen molar-refractivity contribution < 1.29 is 14.0 Å². The molecule has 0 aliphatic rings. The molecule has 2 N–H and O–H groups in total. The number of amides is 2. The average molecular weight is 399 g/mol. The number of carbonyl (C=O) groups excluding carboxylic acids is 2. The zero-order chi connectivity index (χ0) is 20.9. The second-order valence-electron chi connectivity index (χ2n) is 6.45. The molecule has 0 atom stereocenters. The van der Waals surface area contributed by atoms with E-state index in [1.807, 2.05) is 31.2 Å². The fourth-order valence-corrected chi connectivity index (χ4v) is 2.78. The highest BCUT2D eigenvalue weighted by Gasteiger charge is 2.13. The summed E-state index contributed by atoms with van der Waals surface area (Å²) in [6.45, 7) is 1.97. The number of nitrogens with zero attached hydrogens (tertiary/aromatic N) is 3. The standard InChI is InChI=1S/C22H17N5O3/c1-14-5-2-3-7-18(14)22-27-26-21(30-22)16-10-8-15(9-11-16)19(28)24-25-20(29)17-6-4-12-23-13-17/h2-13H,1H3,(H,24,28)(H,25,29). The lowest BCUT2D eigenvalue weighted by Gasteiger charge is -2.07. The number of benzene rings is 2. The molecule has 0 radical (unpaired) electrons. The smallest absolute Gasteiger partial charge is 0.271 e. The monoisotopic (exact) mass is 399 g/mol. The summed E-state index contributed by atoms with van der Waals surface area (Å²) < 4.78 is 5.78. The normalized spacial score (nSPS) is 10.4. The molecule has 0 spiro atoms. The molecule has 0 aliphatic heterocycles. The van der Waals surface area contributed by atoms with Crippen LogP contribution in [0.3, 0.4) is 0 Å². The first-order chi connectivity index (χ1) is 14.6. The number of carbonyl (C=O) groups is 2. The Morgan fingerprint density at radius 1 is 0.800 bits per heavy atom. The van der Waals surface area contributed by atoms with Gasteiger partial charge >= 0.3 is 0 Å². The van der Waals surface area contributed by atoms with Crippen LogP contribution >= 0.6 is 0 Å². The molecular formula is C22H17N5O3. The van der Waals surface area contributed by atoms with E-state index in [9.17, 15) is 9.59 Å². The van der Waals surface area contributed by atoms with Gasteiger partial charge in [-0.2, -0.15) is 0 Å².